The molecule has 6 heteroatoms. The van der Waals surface area contributed by atoms with Crippen LogP contribution in [0.5, 0.6) is 0 Å². The Kier molecular flexibility index (Phi) is 5.43. The lowest BCUT2D eigenvalue weighted by Gasteiger charge is -2.19. The van der Waals surface area contributed by atoms with E-state index < -0.39 is 6.03 Å². The molecule has 2 N–H and O–H groups in total. The van der Waals surface area contributed by atoms with Crippen LogP contribution in [0.2, 0.25) is 0 Å². The summed E-state index contributed by atoms with van der Waals surface area (Å²) in [7, 11) is 1.64. The number of pyridine rings is 2. The van der Waals surface area contributed by atoms with Gasteiger partial charge in [0, 0.05) is 31.6 Å². The summed E-state index contributed by atoms with van der Waals surface area (Å²) < 4.78 is 1.41. The molecule has 0 aliphatic heterocycles. The van der Waals surface area contributed by atoms with Crippen LogP contribution in [0, 0.1) is 0 Å². The third-order valence-electron chi connectivity index (χ3n) is 4.02. The molecule has 0 aliphatic rings. The van der Waals surface area contributed by atoms with Gasteiger partial charge < -0.3 is 15.2 Å². The van der Waals surface area contributed by atoms with Crippen molar-refractivity contribution in [1.82, 2.24) is 14.9 Å². The van der Waals surface area contributed by atoms with Crippen LogP contribution >= 0.6 is 0 Å². The van der Waals surface area contributed by atoms with Crippen molar-refractivity contribution in [3.05, 3.63) is 94.7 Å². The van der Waals surface area contributed by atoms with Crippen molar-refractivity contribution in [3.8, 4) is 0 Å². The van der Waals surface area contributed by atoms with Crippen molar-refractivity contribution < 1.29 is 4.79 Å². The standard InChI is InChI=1S/C20H20N4O2/c1-24-13-7-11-17(19(24)25)22-20(26)23-18(15-8-3-2-4-9-15)14-16-10-5-6-12-21-16/h2-13,18H,14H2,1H3,(H2,22,23,26)/t18-/m0/s1. The molecule has 1 aromatic carbocycles. The Morgan fingerprint density at radius 1 is 1.08 bits per heavy atom. The van der Waals surface area contributed by atoms with E-state index >= 15 is 0 Å². The van der Waals surface area contributed by atoms with Crippen molar-refractivity contribution in [2.45, 2.75) is 12.5 Å². The van der Waals surface area contributed by atoms with Gasteiger partial charge in [-0.05, 0) is 29.8 Å². The first kappa shape index (κ1) is 17.4. The third-order valence-corrected chi connectivity index (χ3v) is 4.02. The summed E-state index contributed by atoms with van der Waals surface area (Å²) in [6.45, 7) is 0. The van der Waals surface area contributed by atoms with E-state index in [9.17, 15) is 9.59 Å². The van der Waals surface area contributed by atoms with E-state index in [4.69, 9.17) is 0 Å². The van der Waals surface area contributed by atoms with Gasteiger partial charge in [0.1, 0.15) is 5.69 Å². The number of benzene rings is 1. The molecule has 0 fully saturated rings. The normalized spacial score (nSPS) is 11.6. The highest BCUT2D eigenvalue weighted by Gasteiger charge is 2.16. The molecule has 0 saturated carbocycles. The van der Waals surface area contributed by atoms with Crippen LogP contribution in [-0.4, -0.2) is 15.6 Å². The first-order valence-corrected chi connectivity index (χ1v) is 8.31. The molecule has 0 aliphatic carbocycles. The number of urea groups is 1. The molecule has 0 radical (unpaired) electrons. The Balaban J connectivity index is 1.78. The van der Waals surface area contributed by atoms with E-state index in [1.54, 1.807) is 31.6 Å². The molecule has 0 unspecified atom stereocenters. The van der Waals surface area contributed by atoms with E-state index in [2.05, 4.69) is 15.6 Å². The maximum atomic E-state index is 12.5. The average molecular weight is 348 g/mol. The predicted molar refractivity (Wildman–Crippen MR) is 101 cm³/mol. The number of amides is 2. The number of aromatic nitrogens is 2. The van der Waals surface area contributed by atoms with Crippen LogP contribution in [0.3, 0.4) is 0 Å². The summed E-state index contributed by atoms with van der Waals surface area (Å²) in [5, 5.41) is 5.57. The molecule has 2 amide bonds. The topological polar surface area (TPSA) is 76.0 Å². The van der Waals surface area contributed by atoms with Gasteiger partial charge in [-0.3, -0.25) is 9.78 Å². The number of rotatable bonds is 5. The zero-order valence-corrected chi connectivity index (χ0v) is 14.4. The van der Waals surface area contributed by atoms with Crippen molar-refractivity contribution in [1.29, 1.82) is 0 Å². The fraction of sp³-hybridized carbons (Fsp3) is 0.150. The summed E-state index contributed by atoms with van der Waals surface area (Å²) in [6, 6.07) is 18.0. The summed E-state index contributed by atoms with van der Waals surface area (Å²) >= 11 is 0. The first-order valence-electron chi connectivity index (χ1n) is 8.31. The molecule has 0 bridgehead atoms. The molecular formula is C20H20N4O2. The molecule has 3 aromatic rings. The maximum Gasteiger partial charge on any atom is 0.319 e. The lowest BCUT2D eigenvalue weighted by Crippen LogP contribution is -2.35. The highest BCUT2D eigenvalue weighted by Crippen LogP contribution is 2.17. The molecule has 3 rings (SSSR count). The fourth-order valence-electron chi connectivity index (χ4n) is 2.67. The SMILES string of the molecule is Cn1cccc(NC(=O)N[C@@H](Cc2ccccn2)c2ccccc2)c1=O. The van der Waals surface area contributed by atoms with E-state index in [0.29, 0.717) is 6.42 Å². The fourth-order valence-corrected chi connectivity index (χ4v) is 2.67. The zero-order valence-electron chi connectivity index (χ0n) is 14.4. The van der Waals surface area contributed by atoms with Gasteiger partial charge in [-0.2, -0.15) is 0 Å². The van der Waals surface area contributed by atoms with E-state index in [1.165, 1.54) is 4.57 Å². The number of nitrogens with one attached hydrogen (secondary N) is 2. The minimum atomic E-state index is -0.432. The summed E-state index contributed by atoms with van der Waals surface area (Å²) in [4.78, 5) is 28.9. The second-order valence-electron chi connectivity index (χ2n) is 5.92. The van der Waals surface area contributed by atoms with E-state index in [1.807, 2.05) is 48.5 Å². The molecule has 2 aromatic heterocycles. The van der Waals surface area contributed by atoms with Crippen LogP contribution in [0.15, 0.2) is 77.9 Å². The van der Waals surface area contributed by atoms with Crippen molar-refractivity contribution in [2.75, 3.05) is 5.32 Å². The Hall–Kier alpha value is -3.41. The van der Waals surface area contributed by atoms with E-state index in [-0.39, 0.29) is 17.3 Å². The molecule has 0 saturated heterocycles. The van der Waals surface area contributed by atoms with Crippen LogP contribution in [-0.2, 0) is 13.5 Å². The van der Waals surface area contributed by atoms with Crippen LogP contribution in [0.25, 0.3) is 0 Å². The van der Waals surface area contributed by atoms with Gasteiger partial charge in [-0.25, -0.2) is 4.79 Å². The van der Waals surface area contributed by atoms with Gasteiger partial charge in [0.05, 0.1) is 6.04 Å². The Morgan fingerprint density at radius 2 is 1.85 bits per heavy atom. The lowest BCUT2D eigenvalue weighted by atomic mass is 10.0. The smallest absolute Gasteiger partial charge is 0.319 e. The van der Waals surface area contributed by atoms with Gasteiger partial charge in [-0.15, -0.1) is 0 Å². The summed E-state index contributed by atoms with van der Waals surface area (Å²) in [5.41, 5.74) is 1.81. The quantitative estimate of drug-likeness (QED) is 0.744. The van der Waals surface area contributed by atoms with Gasteiger partial charge in [-0.1, -0.05) is 36.4 Å². The second kappa shape index (κ2) is 8.11. The van der Waals surface area contributed by atoms with Crippen molar-refractivity contribution in [2.24, 2.45) is 7.05 Å². The number of carbonyl (C=O) groups excluding carboxylic acids is 1. The van der Waals surface area contributed by atoms with Gasteiger partial charge in [0.2, 0.25) is 0 Å². The van der Waals surface area contributed by atoms with Crippen molar-refractivity contribution in [3.63, 3.8) is 0 Å². The summed E-state index contributed by atoms with van der Waals surface area (Å²) in [5.74, 6) is 0. The monoisotopic (exact) mass is 348 g/mol. The Bertz CT molecular complexity index is 923. The molecular weight excluding hydrogens is 328 g/mol. The maximum absolute atomic E-state index is 12.5. The minimum absolute atomic E-state index is 0.233. The molecule has 132 valence electrons. The molecule has 0 spiro atoms. The predicted octanol–water partition coefficient (Wildman–Crippen LogP) is 2.89. The molecule has 1 atom stereocenters. The number of hydrogen-bond acceptors (Lipinski definition) is 3. The first-order chi connectivity index (χ1) is 12.6. The minimum Gasteiger partial charge on any atom is -0.331 e. The Labute approximate surface area is 151 Å². The van der Waals surface area contributed by atoms with Gasteiger partial charge in [0.15, 0.2) is 0 Å². The molecule has 6 nitrogen and oxygen atoms in total. The highest BCUT2D eigenvalue weighted by molar-refractivity contribution is 5.89. The second-order valence-corrected chi connectivity index (χ2v) is 5.92. The van der Waals surface area contributed by atoms with Crippen molar-refractivity contribution >= 4 is 11.7 Å². The van der Waals surface area contributed by atoms with Gasteiger partial charge >= 0.3 is 6.03 Å². The largest absolute Gasteiger partial charge is 0.331 e. The number of nitrogens with zero attached hydrogens (tertiary/aromatic N) is 2. The van der Waals surface area contributed by atoms with Crippen LogP contribution in [0.1, 0.15) is 17.3 Å². The van der Waals surface area contributed by atoms with Crippen LogP contribution in [0.4, 0.5) is 10.5 Å². The zero-order chi connectivity index (χ0) is 18.4. The average Bonchev–Trinajstić information content (AvgIpc) is 2.66. The molecule has 26 heavy (non-hydrogen) atoms. The number of carbonyl (C=O) groups is 1. The van der Waals surface area contributed by atoms with E-state index in [0.717, 1.165) is 11.3 Å². The van der Waals surface area contributed by atoms with Gasteiger partial charge in [0.25, 0.3) is 5.56 Å². The molecule has 2 heterocycles. The highest BCUT2D eigenvalue weighted by atomic mass is 16.2. The number of hydrogen-bond donors (Lipinski definition) is 2. The number of aryl methyl sites for hydroxylation is 1. The summed E-state index contributed by atoms with van der Waals surface area (Å²) in [6.07, 6.45) is 3.91. The van der Waals surface area contributed by atoms with Crippen LogP contribution < -0.4 is 16.2 Å². The number of anilines is 1. The third kappa shape index (κ3) is 4.36. The lowest BCUT2D eigenvalue weighted by molar-refractivity contribution is 0.248. The Morgan fingerprint density at radius 3 is 2.58 bits per heavy atom.